The molecule has 34 heavy (non-hydrogen) atoms. The molecule has 2 aromatic carbocycles. The lowest BCUT2D eigenvalue weighted by atomic mass is 10.2. The molecule has 0 atom stereocenters. The Balaban J connectivity index is 1.53. The number of ether oxygens (including phenoxy) is 1. The molecule has 1 saturated heterocycles. The Morgan fingerprint density at radius 3 is 2.41 bits per heavy atom. The summed E-state index contributed by atoms with van der Waals surface area (Å²) in [5.74, 6) is 0.653. The van der Waals surface area contributed by atoms with Gasteiger partial charge in [0.1, 0.15) is 11.6 Å². The Labute approximate surface area is 202 Å². The molecule has 10 nitrogen and oxygen atoms in total. The molecular weight excluding hydrogens is 480 g/mol. The molecule has 1 aliphatic rings. The van der Waals surface area contributed by atoms with Crippen molar-refractivity contribution >= 4 is 44.8 Å². The highest BCUT2D eigenvalue weighted by atomic mass is 35.5. The van der Waals surface area contributed by atoms with Crippen molar-refractivity contribution in [2.24, 2.45) is 0 Å². The molecule has 0 radical (unpaired) electrons. The van der Waals surface area contributed by atoms with Crippen LogP contribution < -0.4 is 15.5 Å². The van der Waals surface area contributed by atoms with E-state index in [9.17, 15) is 13.2 Å². The average Bonchev–Trinajstić information content (AvgIpc) is 2.79. The number of hydrogen-bond acceptors (Lipinski definition) is 8. The number of aromatic nitrogens is 3. The van der Waals surface area contributed by atoms with Gasteiger partial charge in [0.25, 0.3) is 0 Å². The molecule has 0 unspecified atom stereocenters. The summed E-state index contributed by atoms with van der Waals surface area (Å²) in [6.45, 7) is 2.29. The fourth-order valence-electron chi connectivity index (χ4n) is 3.30. The number of sulfone groups is 1. The SMILES string of the molecule is CS(=O)(=O)Cc1nc(-c2ccc(NC(=O)Nc3cccc(Cl)c3)cc2)nc(N2CCOCC2)n1. The minimum absolute atomic E-state index is 0.178. The summed E-state index contributed by atoms with van der Waals surface area (Å²) in [4.78, 5) is 27.5. The molecule has 1 aliphatic heterocycles. The first-order chi connectivity index (χ1) is 16.2. The lowest BCUT2D eigenvalue weighted by Gasteiger charge is -2.27. The Hall–Kier alpha value is -3.28. The number of nitrogens with zero attached hydrogens (tertiary/aromatic N) is 4. The third kappa shape index (κ3) is 6.62. The first kappa shape index (κ1) is 23.9. The van der Waals surface area contributed by atoms with Crippen LogP contribution in [0.5, 0.6) is 0 Å². The van der Waals surface area contributed by atoms with Crippen molar-refractivity contribution in [1.82, 2.24) is 15.0 Å². The second-order valence-electron chi connectivity index (χ2n) is 7.71. The summed E-state index contributed by atoms with van der Waals surface area (Å²) >= 11 is 5.94. The predicted octanol–water partition coefficient (Wildman–Crippen LogP) is 3.22. The van der Waals surface area contributed by atoms with Crippen molar-refractivity contribution in [1.29, 1.82) is 0 Å². The molecule has 178 valence electrons. The van der Waals surface area contributed by atoms with Crippen LogP contribution in [0.1, 0.15) is 5.82 Å². The molecule has 2 amide bonds. The van der Waals surface area contributed by atoms with E-state index in [0.717, 1.165) is 6.26 Å². The van der Waals surface area contributed by atoms with Crippen LogP contribution in [-0.4, -0.2) is 62.0 Å². The first-order valence-electron chi connectivity index (χ1n) is 10.4. The van der Waals surface area contributed by atoms with Crippen LogP contribution in [0, 0.1) is 0 Å². The number of halogens is 1. The number of anilines is 3. The molecule has 1 fully saturated rings. The van der Waals surface area contributed by atoms with Crippen molar-refractivity contribution in [3.8, 4) is 11.4 Å². The quantitative estimate of drug-likeness (QED) is 0.526. The highest BCUT2D eigenvalue weighted by Gasteiger charge is 2.19. The van der Waals surface area contributed by atoms with E-state index in [1.54, 1.807) is 48.5 Å². The maximum Gasteiger partial charge on any atom is 0.323 e. The van der Waals surface area contributed by atoms with Gasteiger partial charge in [-0.05, 0) is 42.5 Å². The minimum atomic E-state index is -3.33. The molecular formula is C22H23ClN6O4S. The fraction of sp³-hybridized carbons (Fsp3) is 0.273. The highest BCUT2D eigenvalue weighted by Crippen LogP contribution is 2.22. The summed E-state index contributed by atoms with van der Waals surface area (Å²) in [6, 6.07) is 13.3. The van der Waals surface area contributed by atoms with Crippen LogP contribution in [0.3, 0.4) is 0 Å². The minimum Gasteiger partial charge on any atom is -0.378 e. The summed E-state index contributed by atoms with van der Waals surface area (Å²) in [5, 5.41) is 5.98. The maximum atomic E-state index is 12.3. The van der Waals surface area contributed by atoms with Crippen molar-refractivity contribution in [3.05, 3.63) is 59.4 Å². The topological polar surface area (TPSA) is 126 Å². The first-order valence-corrected chi connectivity index (χ1v) is 12.9. The van der Waals surface area contributed by atoms with Crippen molar-refractivity contribution in [2.75, 3.05) is 48.1 Å². The van der Waals surface area contributed by atoms with Crippen molar-refractivity contribution in [3.63, 3.8) is 0 Å². The maximum absolute atomic E-state index is 12.3. The monoisotopic (exact) mass is 502 g/mol. The lowest BCUT2D eigenvalue weighted by molar-refractivity contribution is 0.122. The van der Waals surface area contributed by atoms with Gasteiger partial charge >= 0.3 is 6.03 Å². The van der Waals surface area contributed by atoms with E-state index in [-0.39, 0.29) is 11.6 Å². The van der Waals surface area contributed by atoms with E-state index >= 15 is 0 Å². The second-order valence-corrected chi connectivity index (χ2v) is 10.3. The Kier molecular flexibility index (Phi) is 7.25. The lowest BCUT2D eigenvalue weighted by Crippen LogP contribution is -2.37. The van der Waals surface area contributed by atoms with E-state index < -0.39 is 15.9 Å². The van der Waals surface area contributed by atoms with Crippen LogP contribution in [0.15, 0.2) is 48.5 Å². The molecule has 2 N–H and O–H groups in total. The molecule has 12 heteroatoms. The van der Waals surface area contributed by atoms with E-state index in [2.05, 4.69) is 25.6 Å². The molecule has 4 rings (SSSR count). The standard InChI is InChI=1S/C22H23ClN6O4S/c1-34(31,32)14-19-26-20(28-21(27-19)29-9-11-33-12-10-29)15-5-7-17(8-6-15)24-22(30)25-18-4-2-3-16(23)13-18/h2-8,13H,9-12,14H2,1H3,(H2,24,25,30). The van der Waals surface area contributed by atoms with Gasteiger partial charge in [-0.15, -0.1) is 0 Å². The van der Waals surface area contributed by atoms with Gasteiger partial charge < -0.3 is 20.3 Å². The Morgan fingerprint density at radius 1 is 1.03 bits per heavy atom. The van der Waals surface area contributed by atoms with Gasteiger partial charge in [-0.3, -0.25) is 0 Å². The van der Waals surface area contributed by atoms with Crippen LogP contribution >= 0.6 is 11.6 Å². The van der Waals surface area contributed by atoms with E-state index in [0.29, 0.717) is 60.0 Å². The van der Waals surface area contributed by atoms with Gasteiger partial charge in [0, 0.05) is 41.3 Å². The zero-order valence-corrected chi connectivity index (χ0v) is 19.9. The molecule has 0 aliphatic carbocycles. The molecule has 0 saturated carbocycles. The number of hydrogen-bond donors (Lipinski definition) is 2. The summed E-state index contributed by atoms with van der Waals surface area (Å²) in [5.41, 5.74) is 1.79. The molecule has 0 bridgehead atoms. The summed E-state index contributed by atoms with van der Waals surface area (Å²) in [6.07, 6.45) is 1.14. The highest BCUT2D eigenvalue weighted by molar-refractivity contribution is 7.89. The predicted molar refractivity (Wildman–Crippen MR) is 131 cm³/mol. The van der Waals surface area contributed by atoms with Crippen LogP contribution in [0.2, 0.25) is 5.02 Å². The number of carbonyl (C=O) groups excluding carboxylic acids is 1. The van der Waals surface area contributed by atoms with Crippen LogP contribution in [-0.2, 0) is 20.3 Å². The smallest absolute Gasteiger partial charge is 0.323 e. The van der Waals surface area contributed by atoms with Gasteiger partial charge in [0.2, 0.25) is 5.95 Å². The summed E-state index contributed by atoms with van der Waals surface area (Å²) < 4.78 is 29.1. The van der Waals surface area contributed by atoms with E-state index in [1.807, 2.05) is 4.90 Å². The zero-order chi connectivity index (χ0) is 24.1. The number of carbonyl (C=O) groups is 1. The average molecular weight is 503 g/mol. The van der Waals surface area contributed by atoms with Crippen LogP contribution in [0.25, 0.3) is 11.4 Å². The second kappa shape index (κ2) is 10.3. The number of morpholine rings is 1. The zero-order valence-electron chi connectivity index (χ0n) is 18.4. The number of amides is 2. The van der Waals surface area contributed by atoms with Gasteiger partial charge in [-0.25, -0.2) is 18.2 Å². The third-order valence-electron chi connectivity index (χ3n) is 4.84. The Bertz CT molecular complexity index is 1280. The Morgan fingerprint density at radius 2 is 1.74 bits per heavy atom. The van der Waals surface area contributed by atoms with Crippen molar-refractivity contribution in [2.45, 2.75) is 5.75 Å². The normalized spacial score (nSPS) is 14.0. The van der Waals surface area contributed by atoms with Gasteiger partial charge in [-0.2, -0.15) is 9.97 Å². The van der Waals surface area contributed by atoms with Crippen LogP contribution in [0.4, 0.5) is 22.1 Å². The van der Waals surface area contributed by atoms with Gasteiger partial charge in [-0.1, -0.05) is 17.7 Å². The van der Waals surface area contributed by atoms with Crippen molar-refractivity contribution < 1.29 is 17.9 Å². The summed E-state index contributed by atoms with van der Waals surface area (Å²) in [7, 11) is -3.33. The third-order valence-corrected chi connectivity index (χ3v) is 5.86. The van der Waals surface area contributed by atoms with Gasteiger partial charge in [0.15, 0.2) is 15.7 Å². The van der Waals surface area contributed by atoms with E-state index in [1.165, 1.54) is 0 Å². The fourth-order valence-corrected chi connectivity index (χ4v) is 4.09. The molecule has 3 aromatic rings. The number of nitrogens with one attached hydrogen (secondary N) is 2. The number of urea groups is 1. The molecule has 0 spiro atoms. The van der Waals surface area contributed by atoms with E-state index in [4.69, 9.17) is 16.3 Å². The van der Waals surface area contributed by atoms with Gasteiger partial charge in [0.05, 0.1) is 13.2 Å². The molecule has 1 aromatic heterocycles. The number of rotatable bonds is 6. The number of benzene rings is 2. The molecule has 2 heterocycles. The largest absolute Gasteiger partial charge is 0.378 e.